The molecule has 0 radical (unpaired) electrons. The minimum absolute atomic E-state index is 0.0576. The lowest BCUT2D eigenvalue weighted by molar-refractivity contribution is 0.0738. The van der Waals surface area contributed by atoms with Crippen LogP contribution in [0.1, 0.15) is 28.5 Å². The van der Waals surface area contributed by atoms with Crippen LogP contribution in [-0.4, -0.2) is 45.1 Å². The first-order valence-electron chi connectivity index (χ1n) is 8.38. The van der Waals surface area contributed by atoms with Crippen LogP contribution in [0.25, 0.3) is 5.65 Å². The molecule has 6 nitrogen and oxygen atoms in total. The van der Waals surface area contributed by atoms with Crippen molar-refractivity contribution in [3.8, 4) is 5.75 Å². The first-order valence-corrected chi connectivity index (χ1v) is 8.38. The molecular formula is C19H22N4O2. The molecule has 1 aromatic carbocycles. The summed E-state index contributed by atoms with van der Waals surface area (Å²) < 4.78 is 7.45. The van der Waals surface area contributed by atoms with E-state index in [0.29, 0.717) is 25.3 Å². The highest BCUT2D eigenvalue weighted by molar-refractivity contribution is 5.95. The maximum absolute atomic E-state index is 12.8. The van der Waals surface area contributed by atoms with Crippen LogP contribution in [0.3, 0.4) is 0 Å². The van der Waals surface area contributed by atoms with Gasteiger partial charge in [-0.25, -0.2) is 9.50 Å². The van der Waals surface area contributed by atoms with Gasteiger partial charge in [0.1, 0.15) is 12.4 Å². The fourth-order valence-corrected chi connectivity index (χ4v) is 2.75. The average molecular weight is 338 g/mol. The van der Waals surface area contributed by atoms with Crippen LogP contribution >= 0.6 is 0 Å². The Morgan fingerprint density at radius 1 is 1.28 bits per heavy atom. The van der Waals surface area contributed by atoms with Crippen LogP contribution in [-0.2, 0) is 0 Å². The van der Waals surface area contributed by atoms with E-state index in [-0.39, 0.29) is 5.91 Å². The molecule has 0 atom stereocenters. The van der Waals surface area contributed by atoms with Gasteiger partial charge in [-0.3, -0.25) is 4.79 Å². The van der Waals surface area contributed by atoms with Crippen LogP contribution in [0.5, 0.6) is 5.75 Å². The molecule has 0 N–H and O–H groups in total. The van der Waals surface area contributed by atoms with Crippen molar-refractivity contribution in [2.24, 2.45) is 0 Å². The van der Waals surface area contributed by atoms with Crippen molar-refractivity contribution >= 4 is 11.6 Å². The van der Waals surface area contributed by atoms with Gasteiger partial charge in [-0.2, -0.15) is 5.10 Å². The molecule has 130 valence electrons. The zero-order valence-corrected chi connectivity index (χ0v) is 14.8. The van der Waals surface area contributed by atoms with Gasteiger partial charge in [0.2, 0.25) is 0 Å². The van der Waals surface area contributed by atoms with Gasteiger partial charge in [0.15, 0.2) is 5.65 Å². The number of likely N-dealkylation sites (N-methyl/N-ethyl adjacent to an activating group) is 1. The number of hydrogen-bond acceptors (Lipinski definition) is 4. The van der Waals surface area contributed by atoms with Crippen LogP contribution in [0, 0.1) is 13.8 Å². The number of nitrogens with zero attached hydrogens (tertiary/aromatic N) is 4. The minimum Gasteiger partial charge on any atom is -0.492 e. The normalized spacial score (nSPS) is 10.8. The molecule has 0 fully saturated rings. The highest BCUT2D eigenvalue weighted by Crippen LogP contribution is 2.14. The Morgan fingerprint density at radius 2 is 2.12 bits per heavy atom. The molecule has 1 amide bonds. The van der Waals surface area contributed by atoms with Crippen LogP contribution in [0.15, 0.2) is 42.7 Å². The van der Waals surface area contributed by atoms with Gasteiger partial charge in [-0.15, -0.1) is 0 Å². The summed E-state index contributed by atoms with van der Waals surface area (Å²) in [5.74, 6) is 0.761. The predicted octanol–water partition coefficient (Wildman–Crippen LogP) is 2.89. The van der Waals surface area contributed by atoms with Crippen molar-refractivity contribution in [3.63, 3.8) is 0 Å². The van der Waals surface area contributed by atoms with E-state index in [9.17, 15) is 4.79 Å². The number of rotatable bonds is 6. The average Bonchev–Trinajstić information content (AvgIpc) is 3.08. The third-order valence-electron chi connectivity index (χ3n) is 4.17. The van der Waals surface area contributed by atoms with Crippen molar-refractivity contribution in [2.75, 3.05) is 19.7 Å². The van der Waals surface area contributed by atoms with Crippen molar-refractivity contribution in [1.29, 1.82) is 0 Å². The third kappa shape index (κ3) is 3.63. The quantitative estimate of drug-likeness (QED) is 0.693. The third-order valence-corrected chi connectivity index (χ3v) is 4.17. The van der Waals surface area contributed by atoms with E-state index >= 15 is 0 Å². The molecule has 0 aliphatic heterocycles. The fourth-order valence-electron chi connectivity index (χ4n) is 2.75. The maximum atomic E-state index is 12.8. The summed E-state index contributed by atoms with van der Waals surface area (Å²) in [6.07, 6.45) is 3.30. The minimum atomic E-state index is -0.0576. The monoisotopic (exact) mass is 338 g/mol. The molecule has 6 heteroatoms. The van der Waals surface area contributed by atoms with Crippen molar-refractivity contribution < 1.29 is 9.53 Å². The van der Waals surface area contributed by atoms with E-state index in [1.54, 1.807) is 21.8 Å². The number of carbonyl (C=O) groups excluding carboxylic acids is 1. The second kappa shape index (κ2) is 7.34. The number of aromatic nitrogens is 3. The number of benzene rings is 1. The lowest BCUT2D eigenvalue weighted by Crippen LogP contribution is -2.35. The zero-order valence-electron chi connectivity index (χ0n) is 14.8. The number of ether oxygens (including phenoxy) is 1. The largest absolute Gasteiger partial charge is 0.492 e. The number of aryl methyl sites for hydroxylation is 2. The highest BCUT2D eigenvalue weighted by atomic mass is 16.5. The molecule has 0 saturated carbocycles. The Balaban J connectivity index is 1.69. The van der Waals surface area contributed by atoms with E-state index in [1.807, 2.05) is 51.1 Å². The Morgan fingerprint density at radius 3 is 2.88 bits per heavy atom. The van der Waals surface area contributed by atoms with Crippen LogP contribution in [0.2, 0.25) is 0 Å². The molecule has 3 rings (SSSR count). The Hall–Kier alpha value is -2.89. The predicted molar refractivity (Wildman–Crippen MR) is 96.0 cm³/mol. The van der Waals surface area contributed by atoms with Crippen molar-refractivity contribution in [1.82, 2.24) is 19.5 Å². The fraction of sp³-hybridized carbons (Fsp3) is 0.316. The number of carbonyl (C=O) groups is 1. The molecule has 0 saturated heterocycles. The molecule has 0 bridgehead atoms. The Labute approximate surface area is 147 Å². The lowest BCUT2D eigenvalue weighted by Gasteiger charge is -2.22. The number of fused-ring (bicyclic) bond motifs is 1. The van der Waals surface area contributed by atoms with Gasteiger partial charge in [0.25, 0.3) is 5.91 Å². The smallest absolute Gasteiger partial charge is 0.257 e. The molecule has 0 aliphatic rings. The highest BCUT2D eigenvalue weighted by Gasteiger charge is 2.18. The second-order valence-corrected chi connectivity index (χ2v) is 5.91. The second-order valence-electron chi connectivity index (χ2n) is 5.91. The maximum Gasteiger partial charge on any atom is 0.257 e. The van der Waals surface area contributed by atoms with Gasteiger partial charge < -0.3 is 9.64 Å². The standard InChI is InChI=1S/C19H22N4O2/c1-4-22(10-11-25-16-7-5-6-14(2)12-16)19(24)17-13-20-18-8-9-21-23(18)15(17)3/h5-9,12-13H,4,10-11H2,1-3H3. The molecule has 0 aliphatic carbocycles. The van der Waals surface area contributed by atoms with Crippen molar-refractivity contribution in [2.45, 2.75) is 20.8 Å². The summed E-state index contributed by atoms with van der Waals surface area (Å²) in [7, 11) is 0. The zero-order chi connectivity index (χ0) is 17.8. The topological polar surface area (TPSA) is 59.7 Å². The number of amides is 1. The molecule has 0 unspecified atom stereocenters. The summed E-state index contributed by atoms with van der Waals surface area (Å²) in [6.45, 7) is 7.42. The van der Waals surface area contributed by atoms with Gasteiger partial charge in [0.05, 0.1) is 24.0 Å². The molecule has 3 aromatic rings. The Kier molecular flexibility index (Phi) is 4.97. The summed E-state index contributed by atoms with van der Waals surface area (Å²) in [6, 6.07) is 9.70. The summed E-state index contributed by atoms with van der Waals surface area (Å²) >= 11 is 0. The summed E-state index contributed by atoms with van der Waals surface area (Å²) in [4.78, 5) is 18.9. The van der Waals surface area contributed by atoms with Gasteiger partial charge in [-0.1, -0.05) is 12.1 Å². The van der Waals surface area contributed by atoms with Crippen LogP contribution in [0.4, 0.5) is 0 Å². The lowest BCUT2D eigenvalue weighted by atomic mass is 10.2. The van der Waals surface area contributed by atoms with Gasteiger partial charge in [-0.05, 0) is 38.5 Å². The molecular weight excluding hydrogens is 316 g/mol. The Bertz CT molecular complexity index is 888. The summed E-state index contributed by atoms with van der Waals surface area (Å²) in [5.41, 5.74) is 3.24. The molecule has 2 heterocycles. The van der Waals surface area contributed by atoms with Crippen molar-refractivity contribution in [3.05, 3.63) is 59.5 Å². The van der Waals surface area contributed by atoms with E-state index in [4.69, 9.17) is 4.74 Å². The van der Waals surface area contributed by atoms with E-state index < -0.39 is 0 Å². The van der Waals surface area contributed by atoms with E-state index in [2.05, 4.69) is 10.1 Å². The van der Waals surface area contributed by atoms with E-state index in [1.165, 1.54) is 0 Å². The summed E-state index contributed by atoms with van der Waals surface area (Å²) in [5, 5.41) is 4.22. The first-order chi connectivity index (χ1) is 12.1. The molecule has 0 spiro atoms. The van der Waals surface area contributed by atoms with Gasteiger partial charge >= 0.3 is 0 Å². The van der Waals surface area contributed by atoms with E-state index in [0.717, 1.165) is 22.7 Å². The van der Waals surface area contributed by atoms with Gasteiger partial charge in [0, 0.05) is 18.8 Å². The number of hydrogen-bond donors (Lipinski definition) is 0. The first kappa shape index (κ1) is 17.0. The molecule has 25 heavy (non-hydrogen) atoms. The SMILES string of the molecule is CCN(CCOc1cccc(C)c1)C(=O)c1cnc2ccnn2c1C. The van der Waals surface area contributed by atoms with Crippen LogP contribution < -0.4 is 4.74 Å². The molecule has 2 aromatic heterocycles.